The number of nitrogens with one attached hydrogen (secondary N) is 1. The minimum atomic E-state index is 0.280. The first-order valence-electron chi connectivity index (χ1n) is 21.2. The number of nitrogens with zero attached hydrogens (tertiary/aromatic N) is 5. The second-order valence-corrected chi connectivity index (χ2v) is 17.9. The Bertz CT molecular complexity index is 4040. The number of hydrogen-bond donors (Lipinski definition) is 1. The Labute approximate surface area is 385 Å². The van der Waals surface area contributed by atoms with Crippen LogP contribution in [0.3, 0.4) is 0 Å². The minimum absolute atomic E-state index is 0.280. The molecule has 0 saturated heterocycles. The Morgan fingerprint density at radius 2 is 0.938 bits per heavy atom. The SMILES string of the molecule is Clc1nc(-c2ccccc2)c2ccccc2n1.c1ccc(-c2nc(-n3c4ccccc4c4cc5sccc5cc43)nc3ccccc23)cc1.c1ccc2c(c1)[nH]c1cc3ccsc3cc12. The largest absolute Gasteiger partial charge is 0.354 e. The predicted octanol–water partition coefficient (Wildman–Crippen LogP) is 16.1. The molecule has 0 radical (unpaired) electrons. The van der Waals surface area contributed by atoms with Gasteiger partial charge < -0.3 is 4.98 Å². The highest BCUT2D eigenvalue weighted by atomic mass is 35.5. The molecule has 0 aliphatic heterocycles. The third kappa shape index (κ3) is 7.14. The van der Waals surface area contributed by atoms with Gasteiger partial charge in [0.25, 0.3) is 0 Å². The number of halogens is 1. The lowest BCUT2D eigenvalue weighted by atomic mass is 10.1. The number of thiophene rings is 2. The number of H-pyrrole nitrogens is 1. The van der Waals surface area contributed by atoms with E-state index in [0.29, 0.717) is 5.95 Å². The van der Waals surface area contributed by atoms with Crippen molar-refractivity contribution in [3.8, 4) is 28.5 Å². The van der Waals surface area contributed by atoms with Crippen LogP contribution < -0.4 is 0 Å². The van der Waals surface area contributed by atoms with Crippen LogP contribution in [-0.4, -0.2) is 29.5 Å². The number of para-hydroxylation sites is 4. The molecule has 308 valence electrons. The van der Waals surface area contributed by atoms with Gasteiger partial charge in [0.15, 0.2) is 0 Å². The van der Waals surface area contributed by atoms with Gasteiger partial charge in [-0.1, -0.05) is 133 Å². The zero-order valence-electron chi connectivity index (χ0n) is 34.6. The van der Waals surface area contributed by atoms with Crippen molar-refractivity contribution in [1.82, 2.24) is 29.5 Å². The van der Waals surface area contributed by atoms with Crippen molar-refractivity contribution in [3.63, 3.8) is 0 Å². The topological polar surface area (TPSA) is 72.3 Å². The molecule has 0 unspecified atom stereocenters. The maximum absolute atomic E-state index is 5.95. The fourth-order valence-corrected chi connectivity index (χ4v) is 10.6. The molecule has 8 aromatic carbocycles. The average Bonchev–Trinajstić information content (AvgIpc) is 4.17. The third-order valence-corrected chi connectivity index (χ3v) is 13.7. The van der Waals surface area contributed by atoms with Crippen LogP contribution in [0.15, 0.2) is 205 Å². The Hall–Kier alpha value is -7.75. The number of aromatic amines is 1. The van der Waals surface area contributed by atoms with E-state index in [0.717, 1.165) is 55.4 Å². The van der Waals surface area contributed by atoms with Crippen molar-refractivity contribution < 1.29 is 0 Å². The van der Waals surface area contributed by atoms with Crippen LogP contribution in [0.25, 0.3) is 114 Å². The van der Waals surface area contributed by atoms with Gasteiger partial charge in [-0.05, 0) is 93.8 Å². The zero-order chi connectivity index (χ0) is 43.3. The molecule has 6 aromatic heterocycles. The zero-order valence-corrected chi connectivity index (χ0v) is 36.9. The normalized spacial score (nSPS) is 11.5. The molecular weight excluding hydrogens is 856 g/mol. The van der Waals surface area contributed by atoms with E-state index in [9.17, 15) is 0 Å². The number of benzene rings is 8. The van der Waals surface area contributed by atoms with E-state index in [1.165, 1.54) is 52.8 Å². The van der Waals surface area contributed by atoms with Crippen LogP contribution in [0, 0.1) is 0 Å². The van der Waals surface area contributed by atoms with Gasteiger partial charge in [-0.2, -0.15) is 0 Å². The van der Waals surface area contributed by atoms with Crippen LogP contribution in [0.4, 0.5) is 0 Å². The van der Waals surface area contributed by atoms with E-state index in [2.05, 4.69) is 152 Å². The molecule has 6 nitrogen and oxygen atoms in total. The van der Waals surface area contributed by atoms with E-state index >= 15 is 0 Å². The monoisotopic (exact) mass is 890 g/mol. The minimum Gasteiger partial charge on any atom is -0.354 e. The lowest BCUT2D eigenvalue weighted by Crippen LogP contribution is -2.03. The molecular formula is C56H35ClN6S2. The van der Waals surface area contributed by atoms with Crippen LogP contribution >= 0.6 is 34.3 Å². The number of aromatic nitrogens is 6. The highest BCUT2D eigenvalue weighted by molar-refractivity contribution is 7.17. The number of fused-ring (bicyclic) bond motifs is 10. The second-order valence-electron chi connectivity index (χ2n) is 15.7. The Morgan fingerprint density at radius 1 is 0.400 bits per heavy atom. The molecule has 14 aromatic rings. The second kappa shape index (κ2) is 16.4. The van der Waals surface area contributed by atoms with Crippen LogP contribution in [0.1, 0.15) is 0 Å². The summed E-state index contributed by atoms with van der Waals surface area (Å²) in [5, 5.41) is 14.3. The van der Waals surface area contributed by atoms with Crippen molar-refractivity contribution in [2.45, 2.75) is 0 Å². The summed E-state index contributed by atoms with van der Waals surface area (Å²) >= 11 is 9.53. The first kappa shape index (κ1) is 38.9. The Kier molecular flexibility index (Phi) is 9.83. The van der Waals surface area contributed by atoms with Crippen molar-refractivity contribution in [2.24, 2.45) is 0 Å². The third-order valence-electron chi connectivity index (χ3n) is 11.8. The fourth-order valence-electron chi connectivity index (χ4n) is 8.79. The number of hydrogen-bond acceptors (Lipinski definition) is 6. The van der Waals surface area contributed by atoms with Gasteiger partial charge in [-0.15, -0.1) is 22.7 Å². The van der Waals surface area contributed by atoms with Crippen molar-refractivity contribution in [1.29, 1.82) is 0 Å². The molecule has 0 fully saturated rings. The van der Waals surface area contributed by atoms with Crippen LogP contribution in [0.5, 0.6) is 0 Å². The van der Waals surface area contributed by atoms with Gasteiger partial charge in [0.2, 0.25) is 11.2 Å². The van der Waals surface area contributed by atoms with Crippen molar-refractivity contribution >= 4 is 120 Å². The maximum atomic E-state index is 5.95. The molecule has 6 heterocycles. The molecule has 0 aliphatic carbocycles. The summed E-state index contributed by atoms with van der Waals surface area (Å²) in [5.74, 6) is 0.698. The van der Waals surface area contributed by atoms with E-state index in [-0.39, 0.29) is 5.28 Å². The molecule has 14 rings (SSSR count). The lowest BCUT2D eigenvalue weighted by molar-refractivity contribution is 1.01. The molecule has 0 aliphatic rings. The molecule has 0 saturated carbocycles. The summed E-state index contributed by atoms with van der Waals surface area (Å²) in [4.78, 5) is 22.2. The highest BCUT2D eigenvalue weighted by Crippen LogP contribution is 2.37. The summed E-state index contributed by atoms with van der Waals surface area (Å²) < 4.78 is 4.86. The van der Waals surface area contributed by atoms with Crippen LogP contribution in [-0.2, 0) is 0 Å². The molecule has 65 heavy (non-hydrogen) atoms. The van der Waals surface area contributed by atoms with E-state index in [1.807, 2.05) is 72.8 Å². The fraction of sp³-hybridized carbons (Fsp3) is 0. The van der Waals surface area contributed by atoms with Gasteiger partial charge >= 0.3 is 0 Å². The smallest absolute Gasteiger partial charge is 0.235 e. The summed E-state index contributed by atoms with van der Waals surface area (Å²) in [6, 6.07) is 66.9. The van der Waals surface area contributed by atoms with Crippen LogP contribution in [0.2, 0.25) is 5.28 Å². The summed E-state index contributed by atoms with van der Waals surface area (Å²) in [5.41, 5.74) is 10.5. The van der Waals surface area contributed by atoms with E-state index in [4.69, 9.17) is 21.6 Å². The van der Waals surface area contributed by atoms with Gasteiger partial charge in [0.05, 0.1) is 33.5 Å². The molecule has 0 bridgehead atoms. The lowest BCUT2D eigenvalue weighted by Gasteiger charge is -2.11. The van der Waals surface area contributed by atoms with E-state index in [1.54, 1.807) is 22.7 Å². The summed E-state index contributed by atoms with van der Waals surface area (Å²) in [6.45, 7) is 0. The first-order chi connectivity index (χ1) is 32.1. The van der Waals surface area contributed by atoms with Gasteiger partial charge in [0.1, 0.15) is 0 Å². The molecule has 9 heteroatoms. The number of rotatable bonds is 3. The maximum Gasteiger partial charge on any atom is 0.235 e. The molecule has 0 spiro atoms. The molecule has 1 N–H and O–H groups in total. The molecule has 0 atom stereocenters. The van der Waals surface area contributed by atoms with Crippen molar-refractivity contribution in [3.05, 3.63) is 210 Å². The van der Waals surface area contributed by atoms with Gasteiger partial charge in [-0.25, -0.2) is 19.9 Å². The van der Waals surface area contributed by atoms with E-state index < -0.39 is 0 Å². The summed E-state index contributed by atoms with van der Waals surface area (Å²) in [6.07, 6.45) is 0. The van der Waals surface area contributed by atoms with Gasteiger partial charge in [-0.3, -0.25) is 4.57 Å². The quantitative estimate of drug-likeness (QED) is 0.179. The van der Waals surface area contributed by atoms with Crippen molar-refractivity contribution in [2.75, 3.05) is 0 Å². The average molecular weight is 892 g/mol. The van der Waals surface area contributed by atoms with Gasteiger partial charge in [0, 0.05) is 63.9 Å². The Balaban J connectivity index is 0.000000113. The first-order valence-corrected chi connectivity index (χ1v) is 23.3. The summed E-state index contributed by atoms with van der Waals surface area (Å²) in [7, 11) is 0. The standard InChI is InChI=1S/C28H17N3S.C14H9ClN2.C14H9NS/c1-2-8-18(9-3-1)27-21-11-4-6-12-23(21)29-28(30-27)31-24-13-7-5-10-20(24)22-17-26-19(14-15-32-26)16-25(22)31;15-14-16-12-9-5-4-8-11(12)13(17-14)10-6-2-1-3-7-10;1-2-4-12-10(3-1)11-8-14-9(5-6-16-14)7-13(11)15-12/h1-17H;1-9H;1-8,15H. The highest BCUT2D eigenvalue weighted by Gasteiger charge is 2.18. The molecule has 0 amide bonds. The Morgan fingerprint density at radius 3 is 1.63 bits per heavy atom. The predicted molar refractivity (Wildman–Crippen MR) is 276 cm³/mol.